The van der Waals surface area contributed by atoms with Crippen LogP contribution in [0.3, 0.4) is 0 Å². The van der Waals surface area contributed by atoms with E-state index in [0.717, 1.165) is 11.8 Å². The molecule has 0 aliphatic carbocycles. The molecule has 0 aromatic heterocycles. The van der Waals surface area contributed by atoms with Crippen molar-refractivity contribution in [3.05, 3.63) is 46.3 Å². The standard InChI is InChI=1S/C12H16N4O3S/c1-20(17,18)19-12-9-16(8-11(12)14-15-13)7-10-5-3-2-4-6-10/h2-6,11-12H,7-9H2,1H3/t11-,12-/m1/s1. The minimum absolute atomic E-state index is 0.422. The molecule has 1 aromatic carbocycles. The second-order valence-electron chi connectivity index (χ2n) is 4.79. The predicted octanol–water partition coefficient (Wildman–Crippen LogP) is 1.53. The van der Waals surface area contributed by atoms with E-state index in [1.807, 2.05) is 35.2 Å². The van der Waals surface area contributed by atoms with Gasteiger partial charge in [-0.1, -0.05) is 35.4 Å². The molecule has 1 aliphatic heterocycles. The summed E-state index contributed by atoms with van der Waals surface area (Å²) in [6.07, 6.45) is 0.379. The lowest BCUT2D eigenvalue weighted by Crippen LogP contribution is -2.28. The molecule has 1 aromatic rings. The summed E-state index contributed by atoms with van der Waals surface area (Å²) < 4.78 is 27.5. The van der Waals surface area contributed by atoms with Crippen LogP contribution in [0, 0.1) is 0 Å². The van der Waals surface area contributed by atoms with Crippen molar-refractivity contribution in [2.45, 2.75) is 18.7 Å². The maximum absolute atomic E-state index is 11.2. The molecular formula is C12H16N4O3S. The molecule has 0 N–H and O–H groups in total. The molecule has 1 saturated heterocycles. The van der Waals surface area contributed by atoms with E-state index >= 15 is 0 Å². The summed E-state index contributed by atoms with van der Waals surface area (Å²) in [4.78, 5) is 4.78. The van der Waals surface area contributed by atoms with E-state index in [0.29, 0.717) is 19.6 Å². The van der Waals surface area contributed by atoms with Crippen molar-refractivity contribution in [1.29, 1.82) is 0 Å². The molecule has 20 heavy (non-hydrogen) atoms. The van der Waals surface area contributed by atoms with E-state index < -0.39 is 22.3 Å². The van der Waals surface area contributed by atoms with E-state index in [9.17, 15) is 8.42 Å². The first-order valence-electron chi connectivity index (χ1n) is 6.16. The van der Waals surface area contributed by atoms with E-state index in [4.69, 9.17) is 9.71 Å². The van der Waals surface area contributed by atoms with Crippen molar-refractivity contribution in [2.75, 3.05) is 19.3 Å². The smallest absolute Gasteiger partial charge is 0.264 e. The molecule has 2 atom stereocenters. The number of benzene rings is 1. The molecule has 0 radical (unpaired) electrons. The molecule has 0 bridgehead atoms. The van der Waals surface area contributed by atoms with E-state index in [2.05, 4.69) is 10.0 Å². The van der Waals surface area contributed by atoms with Crippen molar-refractivity contribution in [3.8, 4) is 0 Å². The van der Waals surface area contributed by atoms with Crippen LogP contribution in [0.1, 0.15) is 5.56 Å². The van der Waals surface area contributed by atoms with Gasteiger partial charge in [-0.15, -0.1) is 0 Å². The Bertz CT molecular complexity index is 598. The topological polar surface area (TPSA) is 95.4 Å². The maximum Gasteiger partial charge on any atom is 0.264 e. The second-order valence-corrected chi connectivity index (χ2v) is 6.39. The first-order chi connectivity index (χ1) is 9.48. The summed E-state index contributed by atoms with van der Waals surface area (Å²) in [5.41, 5.74) is 9.67. The number of rotatable bonds is 5. The lowest BCUT2D eigenvalue weighted by Gasteiger charge is -2.15. The van der Waals surface area contributed by atoms with Gasteiger partial charge in [-0.3, -0.25) is 9.08 Å². The zero-order valence-corrected chi connectivity index (χ0v) is 11.9. The molecule has 1 fully saturated rings. The Morgan fingerprint density at radius 1 is 1.40 bits per heavy atom. The minimum atomic E-state index is -3.57. The number of azide groups is 1. The molecule has 2 rings (SSSR count). The largest absolute Gasteiger partial charge is 0.296 e. The van der Waals surface area contributed by atoms with Gasteiger partial charge >= 0.3 is 0 Å². The van der Waals surface area contributed by atoms with Crippen LogP contribution in [0.2, 0.25) is 0 Å². The number of hydrogen-bond acceptors (Lipinski definition) is 5. The zero-order chi connectivity index (χ0) is 14.6. The highest BCUT2D eigenvalue weighted by Crippen LogP contribution is 2.20. The quantitative estimate of drug-likeness (QED) is 0.356. The average molecular weight is 296 g/mol. The summed E-state index contributed by atoms with van der Waals surface area (Å²) in [6.45, 7) is 1.58. The molecule has 1 heterocycles. The van der Waals surface area contributed by atoms with Crippen molar-refractivity contribution in [2.24, 2.45) is 5.11 Å². The maximum atomic E-state index is 11.2. The highest BCUT2D eigenvalue weighted by molar-refractivity contribution is 7.86. The summed E-state index contributed by atoms with van der Waals surface area (Å²) in [5.74, 6) is 0. The zero-order valence-electron chi connectivity index (χ0n) is 11.1. The molecule has 0 unspecified atom stereocenters. The van der Waals surface area contributed by atoms with Crippen LogP contribution in [0.5, 0.6) is 0 Å². The first kappa shape index (κ1) is 14.8. The highest BCUT2D eigenvalue weighted by Gasteiger charge is 2.35. The summed E-state index contributed by atoms with van der Waals surface area (Å²) in [7, 11) is -3.57. The van der Waals surface area contributed by atoms with Gasteiger partial charge in [-0.25, -0.2) is 0 Å². The summed E-state index contributed by atoms with van der Waals surface area (Å²) in [6, 6.07) is 9.33. The Kier molecular flexibility index (Phi) is 4.61. The number of likely N-dealkylation sites (tertiary alicyclic amines) is 1. The van der Waals surface area contributed by atoms with Gasteiger partial charge in [-0.2, -0.15) is 8.42 Å². The number of hydrogen-bond donors (Lipinski definition) is 0. The van der Waals surface area contributed by atoms with E-state index in [-0.39, 0.29) is 0 Å². The van der Waals surface area contributed by atoms with Crippen LogP contribution in [-0.2, 0) is 20.8 Å². The molecule has 0 amide bonds. The van der Waals surface area contributed by atoms with Gasteiger partial charge in [0.25, 0.3) is 10.1 Å². The minimum Gasteiger partial charge on any atom is -0.296 e. The predicted molar refractivity (Wildman–Crippen MR) is 74.4 cm³/mol. The number of nitrogens with zero attached hydrogens (tertiary/aromatic N) is 4. The normalized spacial score (nSPS) is 23.4. The van der Waals surface area contributed by atoms with Crippen LogP contribution in [0.15, 0.2) is 35.4 Å². The van der Waals surface area contributed by atoms with Gasteiger partial charge in [0.05, 0.1) is 18.4 Å². The van der Waals surface area contributed by atoms with Crippen LogP contribution in [0.25, 0.3) is 10.4 Å². The summed E-state index contributed by atoms with van der Waals surface area (Å²) >= 11 is 0. The molecule has 108 valence electrons. The van der Waals surface area contributed by atoms with Gasteiger partial charge < -0.3 is 0 Å². The average Bonchev–Trinajstić information content (AvgIpc) is 2.71. The third-order valence-corrected chi connectivity index (χ3v) is 3.66. The molecule has 0 spiro atoms. The fraction of sp³-hybridized carbons (Fsp3) is 0.500. The van der Waals surface area contributed by atoms with Gasteiger partial charge in [0.15, 0.2) is 0 Å². The van der Waals surface area contributed by atoms with Crippen LogP contribution in [-0.4, -0.2) is 44.8 Å². The Balaban J connectivity index is 2.06. The van der Waals surface area contributed by atoms with Gasteiger partial charge in [0.2, 0.25) is 0 Å². The molecule has 0 saturated carbocycles. The molecule has 8 heteroatoms. The van der Waals surface area contributed by atoms with E-state index in [1.165, 1.54) is 0 Å². The summed E-state index contributed by atoms with van der Waals surface area (Å²) in [5, 5.41) is 3.63. The van der Waals surface area contributed by atoms with Crippen LogP contribution >= 0.6 is 0 Å². The van der Waals surface area contributed by atoms with Crippen LogP contribution < -0.4 is 0 Å². The van der Waals surface area contributed by atoms with Crippen molar-refractivity contribution in [3.63, 3.8) is 0 Å². The van der Waals surface area contributed by atoms with Crippen LogP contribution in [0.4, 0.5) is 0 Å². The lowest BCUT2D eigenvalue weighted by atomic mass is 10.2. The van der Waals surface area contributed by atoms with Gasteiger partial charge in [0, 0.05) is 24.5 Å². The van der Waals surface area contributed by atoms with Crippen molar-refractivity contribution >= 4 is 10.1 Å². The fourth-order valence-electron chi connectivity index (χ4n) is 2.30. The Morgan fingerprint density at radius 2 is 2.10 bits per heavy atom. The highest BCUT2D eigenvalue weighted by atomic mass is 32.2. The fourth-order valence-corrected chi connectivity index (χ4v) is 2.94. The SMILES string of the molecule is CS(=O)(=O)O[C@@H]1CN(Cc2ccccc2)C[C@H]1N=[N+]=[N-]. The van der Waals surface area contributed by atoms with Gasteiger partial charge in [0.1, 0.15) is 0 Å². The second kappa shape index (κ2) is 6.23. The Labute approximate surface area is 117 Å². The lowest BCUT2D eigenvalue weighted by molar-refractivity contribution is 0.197. The monoisotopic (exact) mass is 296 g/mol. The first-order valence-corrected chi connectivity index (χ1v) is 7.98. The van der Waals surface area contributed by atoms with Crippen molar-refractivity contribution < 1.29 is 12.6 Å². The third kappa shape index (κ3) is 4.21. The molecule has 7 nitrogen and oxygen atoms in total. The van der Waals surface area contributed by atoms with Gasteiger partial charge in [-0.05, 0) is 11.1 Å². The Morgan fingerprint density at radius 3 is 2.70 bits per heavy atom. The molecule has 1 aliphatic rings. The third-order valence-electron chi connectivity index (χ3n) is 3.06. The molecular weight excluding hydrogens is 280 g/mol. The van der Waals surface area contributed by atoms with E-state index in [1.54, 1.807) is 0 Å². The van der Waals surface area contributed by atoms with Crippen molar-refractivity contribution in [1.82, 2.24) is 4.90 Å². The Hall–Kier alpha value is -1.60.